The van der Waals surface area contributed by atoms with Crippen molar-refractivity contribution in [3.63, 3.8) is 0 Å². The van der Waals surface area contributed by atoms with Crippen LogP contribution in [0.3, 0.4) is 0 Å². The molecule has 1 unspecified atom stereocenters. The fourth-order valence-electron chi connectivity index (χ4n) is 2.23. The molecule has 0 amide bonds. The normalized spacial score (nSPS) is 12.5. The zero-order chi connectivity index (χ0) is 13.7. The molecular weight excluding hydrogens is 238 g/mol. The van der Waals surface area contributed by atoms with Crippen molar-refractivity contribution in [3.8, 4) is 0 Å². The minimum atomic E-state index is -0.729. The van der Waals surface area contributed by atoms with E-state index in [1.54, 1.807) is 0 Å². The molecule has 0 saturated heterocycles. The number of nitrogens with one attached hydrogen (secondary N) is 1. The van der Waals surface area contributed by atoms with Crippen LogP contribution < -0.4 is 5.32 Å². The van der Waals surface area contributed by atoms with Crippen LogP contribution in [0.2, 0.25) is 0 Å². The smallest absolute Gasteiger partial charge is 0.307 e. The second-order valence-corrected chi connectivity index (χ2v) is 4.71. The summed E-state index contributed by atoms with van der Waals surface area (Å²) >= 11 is 0. The van der Waals surface area contributed by atoms with Crippen molar-refractivity contribution >= 4 is 16.7 Å². The van der Waals surface area contributed by atoms with Gasteiger partial charge in [-0.05, 0) is 22.8 Å². The monoisotopic (exact) mass is 257 g/mol. The zero-order valence-corrected chi connectivity index (χ0v) is 11.1. The summed E-state index contributed by atoms with van der Waals surface area (Å²) in [5.41, 5.74) is 1.21. The minimum absolute atomic E-state index is 0.310. The highest BCUT2D eigenvalue weighted by Gasteiger charge is 2.13. The van der Waals surface area contributed by atoms with E-state index < -0.39 is 5.97 Å². The number of hydrogen-bond donors (Lipinski definition) is 2. The standard InChI is InChI=1S/C16H19NO2/c1-2-12(16(18)19)10-17-11-14-8-5-7-13-6-3-4-9-15(13)14/h3-9,12,17H,2,10-11H2,1H3,(H,18,19). The van der Waals surface area contributed by atoms with E-state index in [-0.39, 0.29) is 5.92 Å². The van der Waals surface area contributed by atoms with Crippen LogP contribution in [0.4, 0.5) is 0 Å². The van der Waals surface area contributed by atoms with Gasteiger partial charge in [-0.3, -0.25) is 4.79 Å². The maximum absolute atomic E-state index is 10.9. The number of rotatable bonds is 6. The highest BCUT2D eigenvalue weighted by Crippen LogP contribution is 2.18. The molecule has 0 aliphatic heterocycles. The van der Waals surface area contributed by atoms with E-state index in [2.05, 4.69) is 29.6 Å². The number of carboxylic acid groups (broad SMARTS) is 1. The lowest BCUT2D eigenvalue weighted by atomic mass is 10.0. The molecule has 2 rings (SSSR count). The Bertz CT molecular complexity index is 560. The molecule has 2 aromatic rings. The Morgan fingerprint density at radius 1 is 1.21 bits per heavy atom. The van der Waals surface area contributed by atoms with E-state index in [1.807, 2.05) is 25.1 Å². The summed E-state index contributed by atoms with van der Waals surface area (Å²) in [5.74, 6) is -1.04. The number of benzene rings is 2. The van der Waals surface area contributed by atoms with E-state index in [9.17, 15) is 4.79 Å². The summed E-state index contributed by atoms with van der Waals surface area (Å²) in [6.07, 6.45) is 0.651. The Morgan fingerprint density at radius 2 is 1.95 bits per heavy atom. The topological polar surface area (TPSA) is 49.3 Å². The molecule has 100 valence electrons. The van der Waals surface area contributed by atoms with Gasteiger partial charge in [0, 0.05) is 13.1 Å². The molecule has 0 spiro atoms. The van der Waals surface area contributed by atoms with Crippen molar-refractivity contribution in [2.75, 3.05) is 6.54 Å². The summed E-state index contributed by atoms with van der Waals surface area (Å²) < 4.78 is 0. The van der Waals surface area contributed by atoms with Gasteiger partial charge in [0.2, 0.25) is 0 Å². The molecule has 0 aliphatic rings. The molecule has 19 heavy (non-hydrogen) atoms. The molecule has 0 heterocycles. The highest BCUT2D eigenvalue weighted by molar-refractivity contribution is 5.85. The Hall–Kier alpha value is -1.87. The third-order valence-corrected chi connectivity index (χ3v) is 3.43. The molecule has 0 saturated carbocycles. The minimum Gasteiger partial charge on any atom is -0.481 e. The Kier molecular flexibility index (Phi) is 4.53. The molecule has 0 aliphatic carbocycles. The van der Waals surface area contributed by atoms with Gasteiger partial charge >= 0.3 is 5.97 Å². The van der Waals surface area contributed by atoms with Crippen molar-refractivity contribution in [2.45, 2.75) is 19.9 Å². The summed E-state index contributed by atoms with van der Waals surface area (Å²) in [6.45, 7) is 3.11. The first kappa shape index (κ1) is 13.6. The van der Waals surface area contributed by atoms with E-state index >= 15 is 0 Å². The van der Waals surface area contributed by atoms with Crippen LogP contribution in [-0.2, 0) is 11.3 Å². The largest absolute Gasteiger partial charge is 0.481 e. The molecule has 0 bridgehead atoms. The zero-order valence-electron chi connectivity index (χ0n) is 11.1. The van der Waals surface area contributed by atoms with Crippen molar-refractivity contribution in [1.29, 1.82) is 0 Å². The lowest BCUT2D eigenvalue weighted by Crippen LogP contribution is -2.27. The second kappa shape index (κ2) is 6.34. The molecule has 0 radical (unpaired) electrons. The third kappa shape index (κ3) is 3.32. The Morgan fingerprint density at radius 3 is 2.68 bits per heavy atom. The fraction of sp³-hybridized carbons (Fsp3) is 0.312. The fourth-order valence-corrected chi connectivity index (χ4v) is 2.23. The first-order chi connectivity index (χ1) is 9.22. The molecule has 0 fully saturated rings. The highest BCUT2D eigenvalue weighted by atomic mass is 16.4. The summed E-state index contributed by atoms with van der Waals surface area (Å²) in [6, 6.07) is 14.4. The van der Waals surface area contributed by atoms with Crippen LogP contribution in [0.1, 0.15) is 18.9 Å². The van der Waals surface area contributed by atoms with Crippen LogP contribution in [0, 0.1) is 5.92 Å². The van der Waals surface area contributed by atoms with Crippen LogP contribution in [0.15, 0.2) is 42.5 Å². The number of fused-ring (bicyclic) bond motifs is 1. The van der Waals surface area contributed by atoms with Gasteiger partial charge in [0.15, 0.2) is 0 Å². The van der Waals surface area contributed by atoms with Gasteiger partial charge in [0.25, 0.3) is 0 Å². The van der Waals surface area contributed by atoms with Crippen LogP contribution >= 0.6 is 0 Å². The summed E-state index contributed by atoms with van der Waals surface area (Å²) in [7, 11) is 0. The number of aliphatic carboxylic acids is 1. The third-order valence-electron chi connectivity index (χ3n) is 3.43. The number of carbonyl (C=O) groups is 1. The lowest BCUT2D eigenvalue weighted by Gasteiger charge is -2.12. The van der Waals surface area contributed by atoms with Crippen molar-refractivity contribution in [3.05, 3.63) is 48.0 Å². The van der Waals surface area contributed by atoms with E-state index in [1.165, 1.54) is 16.3 Å². The quantitative estimate of drug-likeness (QED) is 0.836. The second-order valence-electron chi connectivity index (χ2n) is 4.71. The first-order valence-corrected chi connectivity index (χ1v) is 6.62. The van der Waals surface area contributed by atoms with Crippen molar-refractivity contribution in [1.82, 2.24) is 5.32 Å². The van der Waals surface area contributed by atoms with Crippen molar-refractivity contribution in [2.24, 2.45) is 5.92 Å². The number of carboxylic acids is 1. The lowest BCUT2D eigenvalue weighted by molar-refractivity contribution is -0.141. The van der Waals surface area contributed by atoms with Gasteiger partial charge in [-0.25, -0.2) is 0 Å². The first-order valence-electron chi connectivity index (χ1n) is 6.62. The molecular formula is C16H19NO2. The molecule has 0 aromatic heterocycles. The molecule has 3 nitrogen and oxygen atoms in total. The van der Waals surface area contributed by atoms with Gasteiger partial charge < -0.3 is 10.4 Å². The van der Waals surface area contributed by atoms with E-state index in [4.69, 9.17) is 5.11 Å². The SMILES string of the molecule is CCC(CNCc1cccc2ccccc12)C(=O)O. The maximum Gasteiger partial charge on any atom is 0.307 e. The van der Waals surface area contributed by atoms with Crippen LogP contribution in [0.5, 0.6) is 0 Å². The van der Waals surface area contributed by atoms with Gasteiger partial charge in [-0.2, -0.15) is 0 Å². The van der Waals surface area contributed by atoms with E-state index in [0.717, 1.165) is 0 Å². The van der Waals surface area contributed by atoms with Gasteiger partial charge in [-0.1, -0.05) is 49.4 Å². The molecule has 1 atom stereocenters. The van der Waals surface area contributed by atoms with Crippen LogP contribution in [0.25, 0.3) is 10.8 Å². The van der Waals surface area contributed by atoms with Crippen molar-refractivity contribution < 1.29 is 9.90 Å². The Labute approximate surface area is 113 Å². The number of hydrogen-bond acceptors (Lipinski definition) is 2. The molecule has 2 N–H and O–H groups in total. The Balaban J connectivity index is 2.04. The van der Waals surface area contributed by atoms with Crippen LogP contribution in [-0.4, -0.2) is 17.6 Å². The van der Waals surface area contributed by atoms with Gasteiger partial charge in [0.1, 0.15) is 0 Å². The molecule has 2 aromatic carbocycles. The summed E-state index contributed by atoms with van der Waals surface area (Å²) in [5, 5.41) is 14.7. The maximum atomic E-state index is 10.9. The predicted octanol–water partition coefficient (Wildman–Crippen LogP) is 3.04. The molecule has 3 heteroatoms. The van der Waals surface area contributed by atoms with Gasteiger partial charge in [-0.15, -0.1) is 0 Å². The summed E-state index contributed by atoms with van der Waals surface area (Å²) in [4.78, 5) is 10.9. The average Bonchev–Trinajstić information content (AvgIpc) is 2.43. The average molecular weight is 257 g/mol. The predicted molar refractivity (Wildman–Crippen MR) is 77.1 cm³/mol. The van der Waals surface area contributed by atoms with Gasteiger partial charge in [0.05, 0.1) is 5.92 Å². The van der Waals surface area contributed by atoms with E-state index in [0.29, 0.717) is 19.5 Å².